The van der Waals surface area contributed by atoms with Crippen LogP contribution in [0.1, 0.15) is 48.5 Å². The van der Waals surface area contributed by atoms with E-state index in [4.69, 9.17) is 13.7 Å². The average molecular weight is 326 g/mol. The molecule has 3 aromatic rings. The maximum atomic E-state index is 11.7. The predicted molar refractivity (Wildman–Crippen MR) is 87.2 cm³/mol. The topological polar surface area (TPSA) is 78.4 Å². The van der Waals surface area contributed by atoms with Gasteiger partial charge in [0.25, 0.3) is 5.89 Å². The van der Waals surface area contributed by atoms with E-state index < -0.39 is 0 Å². The smallest absolute Gasteiger partial charge is 0.336 e. The lowest BCUT2D eigenvalue weighted by molar-refractivity contribution is 0.241. The molecule has 0 spiro atoms. The minimum absolute atomic E-state index is 0.198. The summed E-state index contributed by atoms with van der Waals surface area (Å²) in [5.74, 6) is 2.32. The highest BCUT2D eigenvalue weighted by molar-refractivity contribution is 5.84. The summed E-state index contributed by atoms with van der Waals surface area (Å²) in [5, 5.41) is 4.91. The van der Waals surface area contributed by atoms with Gasteiger partial charge < -0.3 is 13.7 Å². The van der Waals surface area contributed by atoms with Crippen LogP contribution in [0.15, 0.2) is 31.9 Å². The van der Waals surface area contributed by atoms with E-state index >= 15 is 0 Å². The molecule has 1 aliphatic carbocycles. The number of ether oxygens (including phenoxy) is 1. The molecule has 24 heavy (non-hydrogen) atoms. The molecular formula is C18H18N2O4. The Labute approximate surface area is 138 Å². The van der Waals surface area contributed by atoms with Crippen LogP contribution >= 0.6 is 0 Å². The minimum atomic E-state index is -0.342. The second kappa shape index (κ2) is 5.78. The molecule has 124 valence electrons. The van der Waals surface area contributed by atoms with Crippen LogP contribution in [0.4, 0.5) is 0 Å². The largest absolute Gasteiger partial charge is 0.483 e. The molecule has 1 fully saturated rings. The molecular weight excluding hydrogens is 308 g/mol. The molecule has 6 heteroatoms. The van der Waals surface area contributed by atoms with Crippen molar-refractivity contribution in [3.63, 3.8) is 0 Å². The van der Waals surface area contributed by atoms with Crippen molar-refractivity contribution >= 4 is 11.0 Å². The highest BCUT2D eigenvalue weighted by Gasteiger charge is 2.28. The molecule has 0 amide bonds. The number of rotatable bonds is 5. The molecule has 0 atom stereocenters. The first kappa shape index (κ1) is 14.9. The highest BCUT2D eigenvalue weighted by atomic mass is 16.5. The van der Waals surface area contributed by atoms with Gasteiger partial charge in [0, 0.05) is 22.9 Å². The number of aromatic nitrogens is 2. The van der Waals surface area contributed by atoms with Crippen LogP contribution in [0.3, 0.4) is 0 Å². The Kier molecular flexibility index (Phi) is 3.59. The van der Waals surface area contributed by atoms with Crippen LogP contribution in [-0.4, -0.2) is 10.1 Å². The maximum absolute atomic E-state index is 11.7. The van der Waals surface area contributed by atoms with Gasteiger partial charge in [0.1, 0.15) is 11.3 Å². The van der Waals surface area contributed by atoms with Crippen molar-refractivity contribution in [1.29, 1.82) is 0 Å². The van der Waals surface area contributed by atoms with Crippen molar-refractivity contribution in [2.24, 2.45) is 0 Å². The van der Waals surface area contributed by atoms with Crippen LogP contribution in [0.2, 0.25) is 0 Å². The Balaban J connectivity index is 1.61. The van der Waals surface area contributed by atoms with E-state index in [2.05, 4.69) is 10.1 Å². The zero-order valence-corrected chi connectivity index (χ0v) is 13.7. The lowest BCUT2D eigenvalue weighted by atomic mass is 10.0. The molecule has 0 bridgehead atoms. The third kappa shape index (κ3) is 2.68. The number of hydrogen-bond acceptors (Lipinski definition) is 6. The Bertz CT molecular complexity index is 953. The van der Waals surface area contributed by atoms with E-state index in [0.29, 0.717) is 23.1 Å². The number of aryl methyl sites for hydroxylation is 2. The van der Waals surface area contributed by atoms with Crippen LogP contribution in [-0.2, 0) is 13.0 Å². The fraction of sp³-hybridized carbons (Fsp3) is 0.389. The zero-order valence-electron chi connectivity index (χ0n) is 13.7. The fourth-order valence-corrected chi connectivity index (χ4v) is 2.83. The van der Waals surface area contributed by atoms with Crippen molar-refractivity contribution in [3.8, 4) is 5.75 Å². The summed E-state index contributed by atoms with van der Waals surface area (Å²) in [6.07, 6.45) is 3.03. The van der Waals surface area contributed by atoms with Gasteiger partial charge in [0.15, 0.2) is 12.4 Å². The fourth-order valence-electron chi connectivity index (χ4n) is 2.83. The molecule has 1 aliphatic rings. The summed E-state index contributed by atoms with van der Waals surface area (Å²) in [5.41, 5.74) is 2.00. The van der Waals surface area contributed by atoms with Gasteiger partial charge in [-0.1, -0.05) is 12.1 Å². The molecule has 1 saturated carbocycles. The third-order valence-corrected chi connectivity index (χ3v) is 4.36. The highest BCUT2D eigenvalue weighted by Crippen LogP contribution is 2.38. The Morgan fingerprint density at radius 1 is 1.33 bits per heavy atom. The Morgan fingerprint density at radius 2 is 2.17 bits per heavy atom. The van der Waals surface area contributed by atoms with Gasteiger partial charge in [-0.25, -0.2) is 4.79 Å². The quantitative estimate of drug-likeness (QED) is 0.668. The minimum Gasteiger partial charge on any atom is -0.483 e. The summed E-state index contributed by atoms with van der Waals surface area (Å²) in [4.78, 5) is 16.1. The molecule has 4 rings (SSSR count). The molecule has 2 aromatic heterocycles. The first-order valence-corrected chi connectivity index (χ1v) is 8.17. The molecule has 0 radical (unpaired) electrons. The standard InChI is InChI=1S/C18H18N2O4/c1-3-11-8-16(21)23-17-10(2)14(7-6-13(11)17)22-9-15-19-18(20-24-15)12-4-5-12/h6-8,12H,3-5,9H2,1-2H3. The Hall–Kier alpha value is -2.63. The molecule has 2 heterocycles. The van der Waals surface area contributed by atoms with Crippen molar-refractivity contribution in [2.75, 3.05) is 0 Å². The lowest BCUT2D eigenvalue weighted by Gasteiger charge is -2.10. The van der Waals surface area contributed by atoms with Crippen LogP contribution in [0.25, 0.3) is 11.0 Å². The van der Waals surface area contributed by atoms with Gasteiger partial charge in [-0.2, -0.15) is 4.98 Å². The van der Waals surface area contributed by atoms with Crippen molar-refractivity contribution < 1.29 is 13.7 Å². The van der Waals surface area contributed by atoms with E-state index in [1.165, 1.54) is 0 Å². The second-order valence-corrected chi connectivity index (χ2v) is 6.12. The monoisotopic (exact) mass is 326 g/mol. The van der Waals surface area contributed by atoms with Gasteiger partial charge >= 0.3 is 5.63 Å². The van der Waals surface area contributed by atoms with Gasteiger partial charge in [-0.05, 0) is 43.9 Å². The van der Waals surface area contributed by atoms with Gasteiger partial charge in [0.2, 0.25) is 0 Å². The third-order valence-electron chi connectivity index (χ3n) is 4.36. The normalized spacial score (nSPS) is 14.2. The molecule has 0 saturated heterocycles. The first-order chi connectivity index (χ1) is 11.7. The van der Waals surface area contributed by atoms with Gasteiger partial charge in [-0.15, -0.1) is 0 Å². The zero-order chi connectivity index (χ0) is 16.7. The van der Waals surface area contributed by atoms with Crippen LogP contribution < -0.4 is 10.4 Å². The van der Waals surface area contributed by atoms with Crippen molar-refractivity contribution in [3.05, 3.63) is 51.5 Å². The number of fused-ring (bicyclic) bond motifs is 1. The molecule has 0 unspecified atom stereocenters. The van der Waals surface area contributed by atoms with E-state index in [9.17, 15) is 4.79 Å². The molecule has 6 nitrogen and oxygen atoms in total. The van der Waals surface area contributed by atoms with Crippen molar-refractivity contribution in [2.45, 2.75) is 45.6 Å². The summed E-state index contributed by atoms with van der Waals surface area (Å²) in [6.45, 7) is 4.09. The second-order valence-electron chi connectivity index (χ2n) is 6.12. The predicted octanol–water partition coefficient (Wildman–Crippen LogP) is 3.50. The van der Waals surface area contributed by atoms with Gasteiger partial charge in [-0.3, -0.25) is 0 Å². The number of hydrogen-bond donors (Lipinski definition) is 0. The number of benzene rings is 1. The van der Waals surface area contributed by atoms with E-state index in [-0.39, 0.29) is 12.2 Å². The SMILES string of the molecule is CCc1cc(=O)oc2c(C)c(OCc3nc(C4CC4)no3)ccc12. The van der Waals surface area contributed by atoms with Gasteiger partial charge in [0.05, 0.1) is 0 Å². The molecule has 1 aromatic carbocycles. The summed E-state index contributed by atoms with van der Waals surface area (Å²) in [6, 6.07) is 5.35. The van der Waals surface area contributed by atoms with E-state index in [0.717, 1.165) is 41.6 Å². The summed E-state index contributed by atoms with van der Waals surface area (Å²) < 4.78 is 16.4. The number of nitrogens with zero attached hydrogens (tertiary/aromatic N) is 2. The van der Waals surface area contributed by atoms with E-state index in [1.54, 1.807) is 6.07 Å². The Morgan fingerprint density at radius 3 is 2.92 bits per heavy atom. The molecule has 0 aliphatic heterocycles. The van der Waals surface area contributed by atoms with Crippen molar-refractivity contribution in [1.82, 2.24) is 10.1 Å². The first-order valence-electron chi connectivity index (χ1n) is 8.17. The maximum Gasteiger partial charge on any atom is 0.336 e. The van der Waals surface area contributed by atoms with E-state index in [1.807, 2.05) is 26.0 Å². The van der Waals surface area contributed by atoms with Crippen LogP contribution in [0, 0.1) is 6.92 Å². The van der Waals surface area contributed by atoms with Crippen LogP contribution in [0.5, 0.6) is 5.75 Å². The summed E-state index contributed by atoms with van der Waals surface area (Å²) in [7, 11) is 0. The average Bonchev–Trinajstić information content (AvgIpc) is 3.33. The lowest BCUT2D eigenvalue weighted by Crippen LogP contribution is -2.03. The molecule has 0 N–H and O–H groups in total. The summed E-state index contributed by atoms with van der Waals surface area (Å²) >= 11 is 0.